The van der Waals surface area contributed by atoms with Crippen molar-refractivity contribution in [3.8, 4) is 0 Å². The molecule has 1 N–H and O–H groups in total. The van der Waals surface area contributed by atoms with Crippen LogP contribution in [0.15, 0.2) is 42.5 Å². The molecule has 6 nitrogen and oxygen atoms in total. The van der Waals surface area contributed by atoms with Crippen LogP contribution in [0.2, 0.25) is 5.02 Å². The number of fused-ring (bicyclic) bond motifs is 1. The predicted molar refractivity (Wildman–Crippen MR) is 116 cm³/mol. The molecule has 1 fully saturated rings. The molecule has 0 unspecified atom stereocenters. The summed E-state index contributed by atoms with van der Waals surface area (Å²) in [6, 6.07) is 13.3. The summed E-state index contributed by atoms with van der Waals surface area (Å²) >= 11 is 7.46. The monoisotopic (exact) mass is 427 g/mol. The van der Waals surface area contributed by atoms with Gasteiger partial charge in [-0.25, -0.2) is 9.78 Å². The lowest BCUT2D eigenvalue weighted by atomic mass is 10.2. The van der Waals surface area contributed by atoms with Gasteiger partial charge in [0.2, 0.25) is 5.91 Å². The first-order valence-corrected chi connectivity index (χ1v) is 10.2. The number of nitrogens with one attached hydrogen (secondary N) is 1. The van der Waals surface area contributed by atoms with Crippen LogP contribution in [0.1, 0.15) is 17.5 Å². The van der Waals surface area contributed by atoms with Gasteiger partial charge >= 0.3 is 6.09 Å². The minimum atomic E-state index is -0.410. The van der Waals surface area contributed by atoms with Crippen LogP contribution in [0.5, 0.6) is 0 Å². The first kappa shape index (κ1) is 19.4. The maximum absolute atomic E-state index is 12.2. The third-order valence-corrected chi connectivity index (χ3v) is 5.68. The van der Waals surface area contributed by atoms with Gasteiger partial charge in [-0.15, -0.1) is 11.3 Å². The SMILES string of the molecule is CC(=O)NC[C@H]1CN(c2ccc3nc(C=Cc4ccc(Cl)cc4)sc3c2)C(=O)O1. The van der Waals surface area contributed by atoms with Gasteiger partial charge in [-0.05, 0) is 42.0 Å². The second-order valence-electron chi connectivity index (χ2n) is 6.64. The molecular weight excluding hydrogens is 410 g/mol. The average Bonchev–Trinajstić information content (AvgIpc) is 3.28. The third-order valence-electron chi connectivity index (χ3n) is 4.44. The van der Waals surface area contributed by atoms with E-state index in [-0.39, 0.29) is 12.0 Å². The standard InChI is InChI=1S/C21H18ClN3O3S/c1-13(26)23-11-17-12-25(21(27)28-17)16-7-8-18-19(10-16)29-20(24-18)9-4-14-2-5-15(22)6-3-14/h2-10,17H,11-12H2,1H3,(H,23,26)/t17-/m0/s1. The van der Waals surface area contributed by atoms with Crippen molar-refractivity contribution < 1.29 is 14.3 Å². The van der Waals surface area contributed by atoms with Crippen molar-refractivity contribution in [1.29, 1.82) is 0 Å². The van der Waals surface area contributed by atoms with Crippen molar-refractivity contribution in [1.82, 2.24) is 10.3 Å². The van der Waals surface area contributed by atoms with E-state index in [0.29, 0.717) is 18.1 Å². The molecule has 0 radical (unpaired) electrons. The zero-order valence-electron chi connectivity index (χ0n) is 15.6. The van der Waals surface area contributed by atoms with Gasteiger partial charge in [0.25, 0.3) is 0 Å². The van der Waals surface area contributed by atoms with E-state index in [1.54, 1.807) is 16.2 Å². The molecule has 1 atom stereocenters. The van der Waals surface area contributed by atoms with Crippen LogP contribution in [-0.4, -0.2) is 36.2 Å². The largest absolute Gasteiger partial charge is 0.442 e. The van der Waals surface area contributed by atoms with E-state index < -0.39 is 6.09 Å². The summed E-state index contributed by atoms with van der Waals surface area (Å²) in [5, 5.41) is 4.26. The minimum Gasteiger partial charge on any atom is -0.442 e. The van der Waals surface area contributed by atoms with Crippen molar-refractivity contribution >= 4 is 63.0 Å². The molecule has 3 aromatic rings. The Labute approximate surface area is 176 Å². The van der Waals surface area contributed by atoms with Gasteiger partial charge in [-0.2, -0.15) is 0 Å². The van der Waals surface area contributed by atoms with Gasteiger partial charge < -0.3 is 10.1 Å². The lowest BCUT2D eigenvalue weighted by molar-refractivity contribution is -0.119. The van der Waals surface area contributed by atoms with Gasteiger partial charge in [0.15, 0.2) is 0 Å². The van der Waals surface area contributed by atoms with Crippen LogP contribution < -0.4 is 10.2 Å². The number of halogens is 1. The van der Waals surface area contributed by atoms with Crippen LogP contribution in [0.25, 0.3) is 22.4 Å². The second-order valence-corrected chi connectivity index (χ2v) is 8.14. The highest BCUT2D eigenvalue weighted by Crippen LogP contribution is 2.30. The minimum absolute atomic E-state index is 0.148. The molecule has 0 bridgehead atoms. The van der Waals surface area contributed by atoms with Crippen LogP contribution in [0.3, 0.4) is 0 Å². The first-order chi connectivity index (χ1) is 14.0. The van der Waals surface area contributed by atoms with Gasteiger partial charge in [-0.3, -0.25) is 9.69 Å². The number of benzene rings is 2. The summed E-state index contributed by atoms with van der Waals surface area (Å²) in [5.41, 5.74) is 2.67. The van der Waals surface area contributed by atoms with Crippen molar-refractivity contribution in [2.24, 2.45) is 0 Å². The Balaban J connectivity index is 1.50. The molecule has 148 valence electrons. The predicted octanol–water partition coefficient (Wildman–Crippen LogP) is 4.58. The molecule has 2 aromatic carbocycles. The summed E-state index contributed by atoms with van der Waals surface area (Å²) in [5.74, 6) is -0.148. The Hall–Kier alpha value is -2.90. The van der Waals surface area contributed by atoms with Gasteiger partial charge in [0, 0.05) is 17.6 Å². The highest BCUT2D eigenvalue weighted by atomic mass is 35.5. The van der Waals surface area contributed by atoms with Crippen molar-refractivity contribution in [2.45, 2.75) is 13.0 Å². The number of thiazole rings is 1. The highest BCUT2D eigenvalue weighted by Gasteiger charge is 2.32. The Morgan fingerprint density at radius 1 is 1.31 bits per heavy atom. The van der Waals surface area contributed by atoms with Crippen molar-refractivity contribution in [3.05, 3.63) is 58.1 Å². The number of hydrogen-bond donors (Lipinski definition) is 1. The molecule has 0 saturated carbocycles. The summed E-state index contributed by atoms with van der Waals surface area (Å²) in [6.45, 7) is 2.14. The molecular formula is C21H18ClN3O3S. The van der Waals surface area contributed by atoms with E-state index in [0.717, 1.165) is 26.5 Å². The molecule has 4 rings (SSSR count). The number of anilines is 1. The molecule has 2 amide bonds. The lowest BCUT2D eigenvalue weighted by Crippen LogP contribution is -2.33. The van der Waals surface area contributed by atoms with Crippen LogP contribution >= 0.6 is 22.9 Å². The van der Waals surface area contributed by atoms with Gasteiger partial charge in [0.1, 0.15) is 11.1 Å². The van der Waals surface area contributed by atoms with Gasteiger partial charge in [-0.1, -0.05) is 29.8 Å². The van der Waals surface area contributed by atoms with Crippen LogP contribution in [0, 0.1) is 0 Å². The number of amides is 2. The molecule has 29 heavy (non-hydrogen) atoms. The number of nitrogens with zero attached hydrogens (tertiary/aromatic N) is 2. The number of aromatic nitrogens is 1. The Morgan fingerprint density at radius 2 is 2.10 bits per heavy atom. The Morgan fingerprint density at radius 3 is 2.86 bits per heavy atom. The molecule has 8 heteroatoms. The fraction of sp³-hybridized carbons (Fsp3) is 0.190. The number of carbonyl (C=O) groups excluding carboxylic acids is 2. The fourth-order valence-electron chi connectivity index (χ4n) is 3.01. The maximum Gasteiger partial charge on any atom is 0.414 e. The summed E-state index contributed by atoms with van der Waals surface area (Å²) in [7, 11) is 0. The molecule has 1 saturated heterocycles. The van der Waals surface area contributed by atoms with E-state index in [1.807, 2.05) is 54.6 Å². The molecule has 2 heterocycles. The third kappa shape index (κ3) is 4.58. The Bertz CT molecular complexity index is 1090. The Kier molecular flexibility index (Phi) is 5.51. The summed E-state index contributed by atoms with van der Waals surface area (Å²) in [6.07, 6.45) is 3.18. The van der Waals surface area contributed by atoms with E-state index in [4.69, 9.17) is 16.3 Å². The van der Waals surface area contributed by atoms with E-state index in [1.165, 1.54) is 6.92 Å². The van der Waals surface area contributed by atoms with E-state index >= 15 is 0 Å². The van der Waals surface area contributed by atoms with Crippen molar-refractivity contribution in [2.75, 3.05) is 18.0 Å². The number of ether oxygens (including phenoxy) is 1. The summed E-state index contributed by atoms with van der Waals surface area (Å²) in [4.78, 5) is 29.5. The fourth-order valence-corrected chi connectivity index (χ4v) is 4.04. The quantitative estimate of drug-likeness (QED) is 0.646. The smallest absolute Gasteiger partial charge is 0.414 e. The number of hydrogen-bond acceptors (Lipinski definition) is 5. The first-order valence-electron chi connectivity index (χ1n) is 9.05. The summed E-state index contributed by atoms with van der Waals surface area (Å²) < 4.78 is 6.31. The second kappa shape index (κ2) is 8.23. The number of cyclic esters (lactones) is 1. The van der Waals surface area contributed by atoms with Crippen LogP contribution in [-0.2, 0) is 9.53 Å². The number of carbonyl (C=O) groups is 2. The molecule has 1 aliphatic rings. The normalized spacial score (nSPS) is 16.6. The van der Waals surface area contributed by atoms with Crippen LogP contribution in [0.4, 0.5) is 10.5 Å². The zero-order chi connectivity index (χ0) is 20.4. The van der Waals surface area contributed by atoms with E-state index in [9.17, 15) is 9.59 Å². The maximum atomic E-state index is 12.2. The molecule has 1 aromatic heterocycles. The topological polar surface area (TPSA) is 71.5 Å². The van der Waals surface area contributed by atoms with Gasteiger partial charge in [0.05, 0.1) is 23.3 Å². The van der Waals surface area contributed by atoms with E-state index in [2.05, 4.69) is 10.3 Å². The zero-order valence-corrected chi connectivity index (χ0v) is 17.2. The lowest BCUT2D eigenvalue weighted by Gasteiger charge is -2.12. The highest BCUT2D eigenvalue weighted by molar-refractivity contribution is 7.19. The molecule has 1 aliphatic heterocycles. The van der Waals surface area contributed by atoms with Crippen molar-refractivity contribution in [3.63, 3.8) is 0 Å². The number of rotatable bonds is 5. The molecule has 0 aliphatic carbocycles. The average molecular weight is 428 g/mol. The molecule has 0 spiro atoms.